The Bertz CT molecular complexity index is 1060. The van der Waals surface area contributed by atoms with Crippen LogP contribution in [-0.4, -0.2) is 62.8 Å². The van der Waals surface area contributed by atoms with Crippen molar-refractivity contribution in [1.82, 2.24) is 20.9 Å². The van der Waals surface area contributed by atoms with Crippen LogP contribution in [0.5, 0.6) is 0 Å². The van der Waals surface area contributed by atoms with Crippen LogP contribution in [0.4, 0.5) is 23.7 Å². The minimum absolute atomic E-state index is 0.0255. The highest BCUT2D eigenvalue weighted by Crippen LogP contribution is 2.51. The third-order valence-electron chi connectivity index (χ3n) is 7.55. The summed E-state index contributed by atoms with van der Waals surface area (Å²) in [5, 5.41) is 12.6. The second-order valence-electron chi connectivity index (χ2n) is 9.98. The van der Waals surface area contributed by atoms with E-state index in [9.17, 15) is 18.0 Å². The minimum Gasteiger partial charge on any atom is -0.378 e. The van der Waals surface area contributed by atoms with Crippen molar-refractivity contribution in [3.05, 3.63) is 65.2 Å². The van der Waals surface area contributed by atoms with Crippen molar-refractivity contribution in [2.45, 2.75) is 37.3 Å². The number of piperazine rings is 1. The maximum atomic E-state index is 13.5. The van der Waals surface area contributed by atoms with Crippen molar-refractivity contribution in [2.24, 2.45) is 5.92 Å². The lowest BCUT2D eigenvalue weighted by atomic mass is 9.76. The molecule has 2 fully saturated rings. The summed E-state index contributed by atoms with van der Waals surface area (Å²) in [5.41, 5.74) is 1.57. The number of alkyl halides is 3. The summed E-state index contributed by atoms with van der Waals surface area (Å²) in [5.74, 6) is -0.0255. The predicted molar refractivity (Wildman–Crippen MR) is 135 cm³/mol. The summed E-state index contributed by atoms with van der Waals surface area (Å²) in [6, 6.07) is 13.4. The van der Waals surface area contributed by atoms with Crippen molar-refractivity contribution >= 4 is 11.7 Å². The summed E-state index contributed by atoms with van der Waals surface area (Å²) >= 11 is 0. The lowest BCUT2D eigenvalue weighted by Gasteiger charge is -2.46. The molecule has 2 saturated heterocycles. The molecule has 0 radical (unpaired) electrons. The fourth-order valence-corrected chi connectivity index (χ4v) is 5.60. The number of anilines is 1. The quantitative estimate of drug-likeness (QED) is 0.468. The number of nitrogens with zero attached hydrogens (tertiary/aromatic N) is 1. The maximum Gasteiger partial charge on any atom is 0.416 e. The van der Waals surface area contributed by atoms with Crippen LogP contribution in [0.25, 0.3) is 0 Å². The van der Waals surface area contributed by atoms with Gasteiger partial charge < -0.3 is 26.0 Å². The summed E-state index contributed by atoms with van der Waals surface area (Å²) in [4.78, 5) is 14.7. The molecule has 2 amide bonds. The zero-order valence-electron chi connectivity index (χ0n) is 20.7. The van der Waals surface area contributed by atoms with Gasteiger partial charge in [-0.25, -0.2) is 4.79 Å². The average Bonchev–Trinajstić information content (AvgIpc) is 2.91. The molecule has 3 aliphatic rings. The van der Waals surface area contributed by atoms with E-state index in [2.05, 4.69) is 26.2 Å². The fourth-order valence-electron chi connectivity index (χ4n) is 5.60. The fraction of sp³-hybridized carbons (Fsp3) is 0.519. The van der Waals surface area contributed by atoms with Gasteiger partial charge in [0, 0.05) is 63.0 Å². The molecule has 0 aliphatic carbocycles. The first kappa shape index (κ1) is 25.8. The van der Waals surface area contributed by atoms with Crippen LogP contribution in [0.2, 0.25) is 0 Å². The molecule has 7 nitrogen and oxygen atoms in total. The molecule has 2 aromatic carbocycles. The van der Waals surface area contributed by atoms with Gasteiger partial charge in [0.1, 0.15) is 0 Å². The number of benzene rings is 2. The number of rotatable bonds is 6. The number of urea groups is 1. The number of nitrogens with one attached hydrogen (secondary N) is 4. The Kier molecular flexibility index (Phi) is 7.87. The standard InChI is InChI=1S/C27H34F3N5O2/c28-27(29,30)19-6-9-23-22(16-19)25-21(24(34-23)18-4-2-1-3-5-18)8-7-20(37-25)17-33-26(36)32-12-15-35-13-10-31-11-14-35/h1-6,9,16,20-21,24-25,31,34H,7-8,10-15,17H2,(H2,32,33,36)/t20-,21+,24+,25+/m1/s1. The molecule has 2 aromatic rings. The largest absolute Gasteiger partial charge is 0.416 e. The third-order valence-corrected chi connectivity index (χ3v) is 7.55. The Hall–Kier alpha value is -2.82. The lowest BCUT2D eigenvalue weighted by molar-refractivity contribution is -0.138. The molecule has 0 unspecified atom stereocenters. The molecule has 0 spiro atoms. The Morgan fingerprint density at radius 3 is 2.59 bits per heavy atom. The molecule has 0 aromatic heterocycles. The van der Waals surface area contributed by atoms with Gasteiger partial charge in [0.25, 0.3) is 0 Å². The topological polar surface area (TPSA) is 77.7 Å². The van der Waals surface area contributed by atoms with Crippen LogP contribution in [-0.2, 0) is 10.9 Å². The smallest absolute Gasteiger partial charge is 0.378 e. The van der Waals surface area contributed by atoms with E-state index in [-0.39, 0.29) is 24.1 Å². The number of fused-ring (bicyclic) bond motifs is 3. The lowest BCUT2D eigenvalue weighted by Crippen LogP contribution is -2.48. The number of carbonyl (C=O) groups is 1. The van der Waals surface area contributed by atoms with Crippen molar-refractivity contribution in [2.75, 3.05) is 51.1 Å². The number of ether oxygens (including phenoxy) is 1. The zero-order chi connectivity index (χ0) is 25.8. The number of carbonyl (C=O) groups excluding carboxylic acids is 1. The predicted octanol–water partition coefficient (Wildman–Crippen LogP) is 3.91. The van der Waals surface area contributed by atoms with Gasteiger partial charge >= 0.3 is 12.2 Å². The highest BCUT2D eigenvalue weighted by atomic mass is 19.4. The number of hydrogen-bond donors (Lipinski definition) is 4. The van der Waals surface area contributed by atoms with E-state index < -0.39 is 17.8 Å². The van der Waals surface area contributed by atoms with Gasteiger partial charge in [-0.2, -0.15) is 13.2 Å². The van der Waals surface area contributed by atoms with Crippen LogP contribution in [0, 0.1) is 5.92 Å². The Morgan fingerprint density at radius 2 is 1.84 bits per heavy atom. The van der Waals surface area contributed by atoms with E-state index in [0.717, 1.165) is 50.8 Å². The maximum absolute atomic E-state index is 13.5. The van der Waals surface area contributed by atoms with Crippen molar-refractivity contribution in [3.63, 3.8) is 0 Å². The van der Waals surface area contributed by atoms with E-state index in [0.29, 0.717) is 30.8 Å². The highest BCUT2D eigenvalue weighted by Gasteiger charge is 2.43. The number of amides is 2. The summed E-state index contributed by atoms with van der Waals surface area (Å²) in [7, 11) is 0. The van der Waals surface area contributed by atoms with E-state index >= 15 is 0 Å². The van der Waals surface area contributed by atoms with Gasteiger partial charge in [-0.3, -0.25) is 4.90 Å². The first-order valence-electron chi connectivity index (χ1n) is 13.0. The van der Waals surface area contributed by atoms with E-state index in [1.54, 1.807) is 0 Å². The second-order valence-corrected chi connectivity index (χ2v) is 9.98. The highest BCUT2D eigenvalue weighted by molar-refractivity contribution is 5.73. The van der Waals surface area contributed by atoms with Crippen LogP contribution < -0.4 is 21.3 Å². The van der Waals surface area contributed by atoms with Crippen LogP contribution in [0.1, 0.15) is 41.7 Å². The molecule has 4 N–H and O–H groups in total. The monoisotopic (exact) mass is 517 g/mol. The summed E-state index contributed by atoms with van der Waals surface area (Å²) in [6.07, 6.45) is -3.73. The summed E-state index contributed by atoms with van der Waals surface area (Å²) in [6.45, 7) is 5.52. The molecule has 4 atom stereocenters. The van der Waals surface area contributed by atoms with E-state index in [1.807, 2.05) is 30.3 Å². The van der Waals surface area contributed by atoms with Crippen molar-refractivity contribution in [1.29, 1.82) is 0 Å². The number of hydrogen-bond acceptors (Lipinski definition) is 5. The summed E-state index contributed by atoms with van der Waals surface area (Å²) < 4.78 is 46.9. The third kappa shape index (κ3) is 6.19. The van der Waals surface area contributed by atoms with E-state index in [1.165, 1.54) is 12.1 Å². The van der Waals surface area contributed by atoms with Crippen molar-refractivity contribution in [3.8, 4) is 0 Å². The molecule has 5 rings (SSSR count). The van der Waals surface area contributed by atoms with Crippen LogP contribution in [0.15, 0.2) is 48.5 Å². The molecule has 3 aliphatic heterocycles. The normalized spacial score (nSPS) is 25.9. The van der Waals surface area contributed by atoms with E-state index in [4.69, 9.17) is 4.74 Å². The molecule has 37 heavy (non-hydrogen) atoms. The van der Waals surface area contributed by atoms with Gasteiger partial charge in [-0.05, 0) is 36.6 Å². The molecule has 10 heteroatoms. The molecular weight excluding hydrogens is 483 g/mol. The minimum atomic E-state index is -4.43. The van der Waals surface area contributed by atoms with Gasteiger partial charge in [0.15, 0.2) is 0 Å². The first-order valence-corrected chi connectivity index (χ1v) is 13.0. The average molecular weight is 518 g/mol. The Morgan fingerprint density at radius 1 is 1.05 bits per heavy atom. The Labute approximate surface area is 215 Å². The molecule has 3 heterocycles. The SMILES string of the molecule is O=C(NCCN1CCNCC1)NC[C@H]1CC[C@@H]2[C@H](O1)c1cc(C(F)(F)F)ccc1N[C@H]2c1ccccc1. The van der Waals surface area contributed by atoms with Gasteiger partial charge in [-0.1, -0.05) is 30.3 Å². The van der Waals surface area contributed by atoms with Gasteiger partial charge in [-0.15, -0.1) is 0 Å². The van der Waals surface area contributed by atoms with Crippen LogP contribution >= 0.6 is 0 Å². The second kappa shape index (κ2) is 11.3. The molecule has 200 valence electrons. The Balaban J connectivity index is 1.24. The zero-order valence-corrected chi connectivity index (χ0v) is 20.7. The molecule has 0 bridgehead atoms. The van der Waals surface area contributed by atoms with Crippen molar-refractivity contribution < 1.29 is 22.7 Å². The van der Waals surface area contributed by atoms with Gasteiger partial charge in [0.05, 0.1) is 23.8 Å². The first-order chi connectivity index (χ1) is 17.9. The number of halogens is 3. The van der Waals surface area contributed by atoms with Crippen LogP contribution in [0.3, 0.4) is 0 Å². The molecular formula is C27H34F3N5O2. The van der Waals surface area contributed by atoms with Gasteiger partial charge in [0.2, 0.25) is 0 Å². The molecule has 0 saturated carbocycles.